The third-order valence-electron chi connectivity index (χ3n) is 2.84. The third kappa shape index (κ3) is 2.91. The van der Waals surface area contributed by atoms with Gasteiger partial charge in [0.25, 0.3) is 0 Å². The molecule has 0 saturated heterocycles. The maximum Gasteiger partial charge on any atom is 0.354 e. The fourth-order valence-corrected chi connectivity index (χ4v) is 3.29. The normalized spacial score (nSPS) is 10.7. The zero-order chi connectivity index (χ0) is 14.8. The van der Waals surface area contributed by atoms with E-state index in [0.29, 0.717) is 5.03 Å². The Hall–Kier alpha value is -1.92. The lowest BCUT2D eigenvalue weighted by Crippen LogP contribution is -2.01. The van der Waals surface area contributed by atoms with Crippen LogP contribution in [-0.2, 0) is 0 Å². The predicted molar refractivity (Wildman–Crippen MR) is 84.8 cm³/mol. The van der Waals surface area contributed by atoms with Crippen molar-refractivity contribution in [3.8, 4) is 0 Å². The molecule has 0 aliphatic carbocycles. The Morgan fingerprint density at radius 3 is 2.71 bits per heavy atom. The number of pyridine rings is 2. The molecular weight excluding hydrogens is 352 g/mol. The summed E-state index contributed by atoms with van der Waals surface area (Å²) < 4.78 is 0.849. The van der Waals surface area contributed by atoms with Crippen molar-refractivity contribution < 1.29 is 9.90 Å². The molecule has 0 aliphatic heterocycles. The van der Waals surface area contributed by atoms with Gasteiger partial charge in [0.2, 0.25) is 0 Å². The van der Waals surface area contributed by atoms with Gasteiger partial charge in [-0.2, -0.15) is 0 Å². The van der Waals surface area contributed by atoms with Crippen LogP contribution in [0.2, 0.25) is 0 Å². The number of nitrogens with zero attached hydrogens (tertiary/aromatic N) is 2. The molecule has 104 valence electrons. The first-order valence-corrected chi connectivity index (χ1v) is 7.67. The van der Waals surface area contributed by atoms with E-state index in [9.17, 15) is 9.90 Å². The second-order valence-corrected chi connectivity index (χ2v) is 6.06. The lowest BCUT2D eigenvalue weighted by Gasteiger charge is -2.07. The Labute approximate surface area is 133 Å². The summed E-state index contributed by atoms with van der Waals surface area (Å²) in [6.45, 7) is 0. The van der Waals surface area contributed by atoms with Crippen molar-refractivity contribution in [3.05, 3.63) is 58.8 Å². The highest BCUT2D eigenvalue weighted by molar-refractivity contribution is 9.10. The highest BCUT2D eigenvalue weighted by atomic mass is 79.9. The van der Waals surface area contributed by atoms with Crippen molar-refractivity contribution in [1.29, 1.82) is 0 Å². The summed E-state index contributed by atoms with van der Waals surface area (Å²) in [7, 11) is 0. The highest BCUT2D eigenvalue weighted by Gasteiger charge is 2.13. The van der Waals surface area contributed by atoms with E-state index in [4.69, 9.17) is 0 Å². The molecule has 0 fully saturated rings. The first kappa shape index (κ1) is 14.0. The smallest absolute Gasteiger partial charge is 0.354 e. The lowest BCUT2D eigenvalue weighted by molar-refractivity contribution is 0.0690. The quantitative estimate of drug-likeness (QED) is 0.756. The average Bonchev–Trinajstić information content (AvgIpc) is 2.49. The van der Waals surface area contributed by atoms with E-state index in [0.717, 1.165) is 20.3 Å². The van der Waals surface area contributed by atoms with Crippen molar-refractivity contribution >= 4 is 44.4 Å². The monoisotopic (exact) mass is 360 g/mol. The van der Waals surface area contributed by atoms with E-state index < -0.39 is 5.97 Å². The van der Waals surface area contributed by atoms with Gasteiger partial charge in [0.05, 0.1) is 4.47 Å². The van der Waals surface area contributed by atoms with Crippen molar-refractivity contribution in [2.45, 2.75) is 10.1 Å². The number of aromatic nitrogens is 2. The number of benzene rings is 1. The van der Waals surface area contributed by atoms with Gasteiger partial charge in [0.15, 0.2) is 0 Å². The molecule has 0 unspecified atom stereocenters. The molecule has 0 spiro atoms. The summed E-state index contributed by atoms with van der Waals surface area (Å²) in [4.78, 5) is 19.7. The highest BCUT2D eigenvalue weighted by Crippen LogP contribution is 2.34. The van der Waals surface area contributed by atoms with Gasteiger partial charge in [-0.25, -0.2) is 14.8 Å². The zero-order valence-corrected chi connectivity index (χ0v) is 13.1. The van der Waals surface area contributed by atoms with Gasteiger partial charge >= 0.3 is 5.97 Å². The molecule has 6 heteroatoms. The first-order valence-electron chi connectivity index (χ1n) is 6.06. The van der Waals surface area contributed by atoms with Crippen LogP contribution >= 0.6 is 27.7 Å². The van der Waals surface area contributed by atoms with Crippen molar-refractivity contribution in [2.75, 3.05) is 0 Å². The van der Waals surface area contributed by atoms with Gasteiger partial charge in [-0.15, -0.1) is 0 Å². The van der Waals surface area contributed by atoms with Crippen LogP contribution in [0.4, 0.5) is 0 Å². The maximum atomic E-state index is 11.2. The molecule has 0 amide bonds. The van der Waals surface area contributed by atoms with Crippen LogP contribution in [0.1, 0.15) is 10.5 Å². The van der Waals surface area contributed by atoms with Crippen molar-refractivity contribution in [3.63, 3.8) is 0 Å². The van der Waals surface area contributed by atoms with Crippen LogP contribution in [-0.4, -0.2) is 21.0 Å². The van der Waals surface area contributed by atoms with Crippen LogP contribution in [0, 0.1) is 0 Å². The van der Waals surface area contributed by atoms with Gasteiger partial charge in [0, 0.05) is 11.6 Å². The number of carboxylic acids is 1. The fourth-order valence-electron chi connectivity index (χ4n) is 1.89. The SMILES string of the molecule is O=C(O)c1cc2ccccc2c(Sc2ncccc2Br)n1. The fraction of sp³-hybridized carbons (Fsp3) is 0. The number of hydrogen-bond donors (Lipinski definition) is 1. The molecule has 0 atom stereocenters. The van der Waals surface area contributed by atoms with Crippen molar-refractivity contribution in [2.24, 2.45) is 0 Å². The second-order valence-electron chi connectivity index (χ2n) is 4.23. The number of fused-ring (bicyclic) bond motifs is 1. The van der Waals surface area contributed by atoms with E-state index in [1.807, 2.05) is 36.4 Å². The number of carbonyl (C=O) groups is 1. The van der Waals surface area contributed by atoms with E-state index in [-0.39, 0.29) is 5.69 Å². The van der Waals surface area contributed by atoms with E-state index in [1.54, 1.807) is 12.3 Å². The van der Waals surface area contributed by atoms with Crippen LogP contribution in [0.15, 0.2) is 63.2 Å². The Morgan fingerprint density at radius 2 is 1.95 bits per heavy atom. The van der Waals surface area contributed by atoms with Gasteiger partial charge in [-0.3, -0.25) is 0 Å². The molecule has 2 heterocycles. The number of halogens is 1. The van der Waals surface area contributed by atoms with Gasteiger partial charge in [0.1, 0.15) is 15.7 Å². The zero-order valence-electron chi connectivity index (χ0n) is 10.7. The average molecular weight is 361 g/mol. The predicted octanol–water partition coefficient (Wildman–Crippen LogP) is 4.24. The van der Waals surface area contributed by atoms with E-state index >= 15 is 0 Å². The molecule has 0 bridgehead atoms. The minimum Gasteiger partial charge on any atom is -0.477 e. The molecule has 3 aromatic rings. The molecule has 0 aliphatic rings. The summed E-state index contributed by atoms with van der Waals surface area (Å²) in [6, 6.07) is 12.9. The van der Waals surface area contributed by atoms with Crippen LogP contribution < -0.4 is 0 Å². The maximum absolute atomic E-state index is 11.2. The topological polar surface area (TPSA) is 63.1 Å². The summed E-state index contributed by atoms with van der Waals surface area (Å²) in [5, 5.41) is 12.3. The van der Waals surface area contributed by atoms with Crippen LogP contribution in [0.25, 0.3) is 10.8 Å². The molecule has 1 aromatic carbocycles. The Balaban J connectivity index is 2.16. The summed E-state index contributed by atoms with van der Waals surface area (Å²) >= 11 is 4.78. The molecule has 2 aromatic heterocycles. The summed E-state index contributed by atoms with van der Waals surface area (Å²) in [5.41, 5.74) is 0.0308. The number of hydrogen-bond acceptors (Lipinski definition) is 4. The Morgan fingerprint density at radius 1 is 1.14 bits per heavy atom. The Kier molecular flexibility index (Phi) is 3.90. The minimum atomic E-state index is -1.04. The second kappa shape index (κ2) is 5.83. The molecule has 1 N–H and O–H groups in total. The Bertz CT molecular complexity index is 839. The summed E-state index contributed by atoms with van der Waals surface area (Å²) in [6.07, 6.45) is 1.69. The molecule has 0 radical (unpaired) electrons. The molecule has 0 saturated carbocycles. The largest absolute Gasteiger partial charge is 0.477 e. The molecule has 21 heavy (non-hydrogen) atoms. The summed E-state index contributed by atoms with van der Waals surface area (Å²) in [5.74, 6) is -1.04. The molecule has 4 nitrogen and oxygen atoms in total. The van der Waals surface area contributed by atoms with Crippen LogP contribution in [0.5, 0.6) is 0 Å². The van der Waals surface area contributed by atoms with Gasteiger partial charge < -0.3 is 5.11 Å². The standard InChI is InChI=1S/C15H9BrN2O2S/c16-11-6-3-7-17-14(11)21-13-10-5-2-1-4-9(10)8-12(18-13)15(19)20/h1-8H,(H,19,20). The lowest BCUT2D eigenvalue weighted by atomic mass is 10.1. The number of aromatic carboxylic acids is 1. The molecular formula is C15H9BrN2O2S. The minimum absolute atomic E-state index is 0.0308. The van der Waals surface area contributed by atoms with E-state index in [2.05, 4.69) is 25.9 Å². The third-order valence-corrected chi connectivity index (χ3v) is 4.77. The number of rotatable bonds is 3. The van der Waals surface area contributed by atoms with Gasteiger partial charge in [-0.05, 0) is 51.3 Å². The van der Waals surface area contributed by atoms with E-state index in [1.165, 1.54) is 11.8 Å². The van der Waals surface area contributed by atoms with Crippen LogP contribution in [0.3, 0.4) is 0 Å². The first-order chi connectivity index (χ1) is 10.1. The van der Waals surface area contributed by atoms with Gasteiger partial charge in [-0.1, -0.05) is 24.3 Å². The number of carboxylic acid groups (broad SMARTS) is 1. The molecule has 3 rings (SSSR count). The van der Waals surface area contributed by atoms with Crippen molar-refractivity contribution in [1.82, 2.24) is 9.97 Å².